The van der Waals surface area contributed by atoms with Gasteiger partial charge < -0.3 is 10.1 Å². The van der Waals surface area contributed by atoms with Crippen LogP contribution >= 0.6 is 15.9 Å². The summed E-state index contributed by atoms with van der Waals surface area (Å²) in [5, 5.41) is 3.69. The normalized spacial score (nSPS) is 10.8. The van der Waals surface area contributed by atoms with Crippen molar-refractivity contribution in [3.63, 3.8) is 0 Å². The van der Waals surface area contributed by atoms with Gasteiger partial charge in [-0.1, -0.05) is 51.8 Å². The molecule has 1 heterocycles. The lowest BCUT2D eigenvalue weighted by atomic mass is 10.0. The Bertz CT molecular complexity index is 1350. The molecule has 3 aromatic carbocycles. The van der Waals surface area contributed by atoms with Crippen molar-refractivity contribution < 1.29 is 14.3 Å². The lowest BCUT2D eigenvalue weighted by Crippen LogP contribution is -2.15. The lowest BCUT2D eigenvalue weighted by molar-refractivity contribution is 0.0600. The highest BCUT2D eigenvalue weighted by Gasteiger charge is 2.17. The Kier molecular flexibility index (Phi) is 6.06. The number of amides is 1. The Morgan fingerprint density at radius 2 is 1.69 bits per heavy atom. The maximum atomic E-state index is 13.4. The van der Waals surface area contributed by atoms with Crippen molar-refractivity contribution in [1.82, 2.24) is 4.98 Å². The van der Waals surface area contributed by atoms with Crippen LogP contribution in [0.25, 0.3) is 22.2 Å². The fourth-order valence-corrected chi connectivity index (χ4v) is 3.81. The number of anilines is 1. The zero-order chi connectivity index (χ0) is 22.8. The average molecular weight is 489 g/mol. The molecular formula is C26H21BrN2O3. The van der Waals surface area contributed by atoms with Crippen LogP contribution in [0.3, 0.4) is 0 Å². The lowest BCUT2D eigenvalue weighted by Gasteiger charge is -2.13. The van der Waals surface area contributed by atoms with Gasteiger partial charge in [-0.25, -0.2) is 9.78 Å². The highest BCUT2D eigenvalue weighted by atomic mass is 79.9. The van der Waals surface area contributed by atoms with E-state index in [2.05, 4.69) is 21.2 Å². The van der Waals surface area contributed by atoms with Crippen molar-refractivity contribution >= 4 is 44.4 Å². The van der Waals surface area contributed by atoms with Crippen LogP contribution in [-0.2, 0) is 4.74 Å². The van der Waals surface area contributed by atoms with Crippen molar-refractivity contribution in [3.05, 3.63) is 93.5 Å². The summed E-state index contributed by atoms with van der Waals surface area (Å²) in [4.78, 5) is 30.1. The summed E-state index contributed by atoms with van der Waals surface area (Å²) < 4.78 is 5.65. The number of nitrogens with zero attached hydrogens (tertiary/aromatic N) is 1. The van der Waals surface area contributed by atoms with E-state index >= 15 is 0 Å². The number of benzene rings is 3. The quantitative estimate of drug-likeness (QED) is 0.341. The number of methoxy groups -OCH3 is 1. The number of aromatic nitrogens is 1. The Morgan fingerprint density at radius 1 is 0.938 bits per heavy atom. The number of pyridine rings is 1. The first-order valence-electron chi connectivity index (χ1n) is 10.0. The monoisotopic (exact) mass is 488 g/mol. The number of halogens is 1. The van der Waals surface area contributed by atoms with Gasteiger partial charge in [-0.2, -0.15) is 0 Å². The molecule has 0 saturated heterocycles. The van der Waals surface area contributed by atoms with Crippen molar-refractivity contribution in [2.75, 3.05) is 12.4 Å². The Labute approximate surface area is 194 Å². The fourth-order valence-electron chi connectivity index (χ4n) is 3.45. The summed E-state index contributed by atoms with van der Waals surface area (Å²) in [5.74, 6) is -0.741. The van der Waals surface area contributed by atoms with Crippen LogP contribution in [0.1, 0.15) is 31.8 Å². The molecule has 0 fully saturated rings. The van der Waals surface area contributed by atoms with Gasteiger partial charge in [0.2, 0.25) is 0 Å². The molecule has 160 valence electrons. The van der Waals surface area contributed by atoms with Gasteiger partial charge in [0.15, 0.2) is 0 Å². The molecule has 1 N–H and O–H groups in total. The summed E-state index contributed by atoms with van der Waals surface area (Å²) in [6.07, 6.45) is 0. The van der Waals surface area contributed by atoms with Gasteiger partial charge in [0.25, 0.3) is 5.91 Å². The minimum atomic E-state index is -0.458. The van der Waals surface area contributed by atoms with Crippen molar-refractivity contribution in [2.45, 2.75) is 13.8 Å². The summed E-state index contributed by atoms with van der Waals surface area (Å²) in [6, 6.07) is 20.6. The van der Waals surface area contributed by atoms with Crippen LogP contribution in [0.5, 0.6) is 0 Å². The molecule has 0 aliphatic carbocycles. The molecule has 0 unspecified atom stereocenters. The number of ether oxygens (including phenoxy) is 1. The molecule has 0 aliphatic heterocycles. The van der Waals surface area contributed by atoms with Gasteiger partial charge in [-0.05, 0) is 55.8 Å². The Morgan fingerprint density at radius 3 is 2.41 bits per heavy atom. The fraction of sp³-hybridized carbons (Fsp3) is 0.115. The molecule has 0 radical (unpaired) electrons. The number of carbonyl (C=O) groups is 2. The second kappa shape index (κ2) is 8.93. The summed E-state index contributed by atoms with van der Waals surface area (Å²) in [7, 11) is 1.33. The van der Waals surface area contributed by atoms with E-state index in [0.29, 0.717) is 22.5 Å². The van der Waals surface area contributed by atoms with Crippen molar-refractivity contribution in [1.29, 1.82) is 0 Å². The SMILES string of the molecule is COC(=O)c1ccc(C)c(NC(=O)c2cc(-c3ccc(C)cc3)nc3ccc(Br)cc23)c1. The van der Waals surface area contributed by atoms with Gasteiger partial charge in [0, 0.05) is 21.1 Å². The van der Waals surface area contributed by atoms with Crippen LogP contribution in [0, 0.1) is 13.8 Å². The van der Waals surface area contributed by atoms with E-state index in [1.165, 1.54) is 7.11 Å². The van der Waals surface area contributed by atoms with Gasteiger partial charge in [0.1, 0.15) is 0 Å². The highest BCUT2D eigenvalue weighted by Crippen LogP contribution is 2.28. The number of rotatable bonds is 4. The third-order valence-electron chi connectivity index (χ3n) is 5.27. The van der Waals surface area contributed by atoms with E-state index in [4.69, 9.17) is 9.72 Å². The standard InChI is InChI=1S/C26H21BrN2O3/c1-15-4-7-17(8-5-15)24-14-21(20-13-19(27)10-11-22(20)28-24)25(30)29-23-12-18(26(31)32-3)9-6-16(23)2/h4-14H,1-3H3,(H,29,30). The third-order valence-corrected chi connectivity index (χ3v) is 5.76. The summed E-state index contributed by atoms with van der Waals surface area (Å²) in [5.41, 5.74) is 5.77. The number of aryl methyl sites for hydroxylation is 2. The van der Waals surface area contributed by atoms with E-state index in [9.17, 15) is 9.59 Å². The third kappa shape index (κ3) is 4.41. The molecule has 0 atom stereocenters. The molecule has 5 nitrogen and oxygen atoms in total. The zero-order valence-electron chi connectivity index (χ0n) is 17.9. The molecule has 1 aromatic heterocycles. The second-order valence-corrected chi connectivity index (χ2v) is 8.47. The number of nitrogens with one attached hydrogen (secondary N) is 1. The predicted molar refractivity (Wildman–Crippen MR) is 130 cm³/mol. The molecule has 0 bridgehead atoms. The largest absolute Gasteiger partial charge is 0.465 e. The molecule has 32 heavy (non-hydrogen) atoms. The van der Waals surface area contributed by atoms with Gasteiger partial charge in [0.05, 0.1) is 29.4 Å². The summed E-state index contributed by atoms with van der Waals surface area (Å²) >= 11 is 3.49. The molecule has 4 aromatic rings. The number of hydrogen-bond donors (Lipinski definition) is 1. The van der Waals surface area contributed by atoms with Gasteiger partial charge in [-0.3, -0.25) is 4.79 Å². The molecule has 4 rings (SSSR count). The Balaban J connectivity index is 1.80. The average Bonchev–Trinajstić information content (AvgIpc) is 2.79. The van der Waals surface area contributed by atoms with Gasteiger partial charge >= 0.3 is 5.97 Å². The van der Waals surface area contributed by atoms with E-state index in [1.54, 1.807) is 24.3 Å². The Hall–Kier alpha value is -3.51. The molecular weight excluding hydrogens is 468 g/mol. The topological polar surface area (TPSA) is 68.3 Å². The smallest absolute Gasteiger partial charge is 0.337 e. The first-order chi connectivity index (χ1) is 15.4. The van der Waals surface area contributed by atoms with E-state index in [-0.39, 0.29) is 5.91 Å². The number of esters is 1. The predicted octanol–water partition coefficient (Wildman–Crippen LogP) is 6.32. The molecule has 1 amide bonds. The number of fused-ring (bicyclic) bond motifs is 1. The van der Waals surface area contributed by atoms with Crippen LogP contribution < -0.4 is 5.32 Å². The maximum Gasteiger partial charge on any atom is 0.337 e. The van der Waals surface area contributed by atoms with E-state index in [1.807, 2.05) is 56.3 Å². The highest BCUT2D eigenvalue weighted by molar-refractivity contribution is 9.10. The van der Waals surface area contributed by atoms with E-state index < -0.39 is 5.97 Å². The minimum Gasteiger partial charge on any atom is -0.465 e. The van der Waals surface area contributed by atoms with Crippen molar-refractivity contribution in [3.8, 4) is 11.3 Å². The molecule has 6 heteroatoms. The van der Waals surface area contributed by atoms with Crippen LogP contribution in [0.4, 0.5) is 5.69 Å². The summed E-state index contributed by atoms with van der Waals surface area (Å²) in [6.45, 7) is 3.90. The van der Waals surface area contributed by atoms with Crippen molar-refractivity contribution in [2.24, 2.45) is 0 Å². The number of hydrogen-bond acceptors (Lipinski definition) is 4. The zero-order valence-corrected chi connectivity index (χ0v) is 19.5. The van der Waals surface area contributed by atoms with E-state index in [0.717, 1.165) is 32.1 Å². The number of carbonyl (C=O) groups excluding carboxylic acids is 2. The minimum absolute atomic E-state index is 0.283. The van der Waals surface area contributed by atoms with Crippen LogP contribution in [-0.4, -0.2) is 24.0 Å². The maximum absolute atomic E-state index is 13.4. The van der Waals surface area contributed by atoms with Crippen LogP contribution in [0.15, 0.2) is 71.2 Å². The second-order valence-electron chi connectivity index (χ2n) is 7.56. The first-order valence-corrected chi connectivity index (χ1v) is 10.8. The first kappa shape index (κ1) is 21.7. The molecule has 0 saturated carbocycles. The van der Waals surface area contributed by atoms with Gasteiger partial charge in [-0.15, -0.1) is 0 Å². The molecule has 0 spiro atoms. The molecule has 0 aliphatic rings. The van der Waals surface area contributed by atoms with Crippen LogP contribution in [0.2, 0.25) is 0 Å².